The van der Waals surface area contributed by atoms with Crippen molar-refractivity contribution in [2.75, 3.05) is 6.61 Å². The summed E-state index contributed by atoms with van der Waals surface area (Å²) in [5.74, 6) is -0.0673. The van der Waals surface area contributed by atoms with Gasteiger partial charge in [-0.25, -0.2) is 9.31 Å². The maximum atomic E-state index is 12.6. The van der Waals surface area contributed by atoms with Gasteiger partial charge in [0.15, 0.2) is 11.3 Å². The Morgan fingerprint density at radius 3 is 2.28 bits per heavy atom. The first-order valence-electron chi connectivity index (χ1n) is 10.1. The van der Waals surface area contributed by atoms with Gasteiger partial charge in [-0.1, -0.05) is 42.3 Å². The number of carbonyl (C=O) groups is 1. The summed E-state index contributed by atoms with van der Waals surface area (Å²) in [6.07, 6.45) is 0.694. The second-order valence-corrected chi connectivity index (χ2v) is 8.80. The van der Waals surface area contributed by atoms with Gasteiger partial charge in [0, 0.05) is 20.7 Å². The standard InChI is InChI=1S/C23H20Cl2N4O2S/c1-3-18-20(14-5-7-15(24)8-6-14)22-27-26-21(23(30)31-4-2)19(29(22)28-18)13-32-17-11-9-16(25)10-12-17/h5-12H,3-4,13H2,1-2H3. The van der Waals surface area contributed by atoms with Crippen LogP contribution >= 0.6 is 35.0 Å². The lowest BCUT2D eigenvalue weighted by molar-refractivity contribution is 0.0516. The predicted molar refractivity (Wildman–Crippen MR) is 128 cm³/mol. The van der Waals surface area contributed by atoms with Gasteiger partial charge in [-0.2, -0.15) is 5.10 Å². The number of ether oxygens (including phenoxy) is 1. The van der Waals surface area contributed by atoms with Gasteiger partial charge < -0.3 is 4.74 Å². The Morgan fingerprint density at radius 2 is 1.66 bits per heavy atom. The van der Waals surface area contributed by atoms with E-state index in [0.29, 0.717) is 33.6 Å². The molecule has 6 nitrogen and oxygen atoms in total. The van der Waals surface area contributed by atoms with Gasteiger partial charge >= 0.3 is 5.97 Å². The minimum absolute atomic E-state index is 0.161. The molecule has 0 spiro atoms. The number of nitrogens with zero attached hydrogens (tertiary/aromatic N) is 4. The Morgan fingerprint density at radius 1 is 1.00 bits per heavy atom. The number of benzene rings is 2. The van der Waals surface area contributed by atoms with E-state index in [-0.39, 0.29) is 12.3 Å². The number of aromatic nitrogens is 4. The van der Waals surface area contributed by atoms with Gasteiger partial charge in [-0.3, -0.25) is 0 Å². The lowest BCUT2D eigenvalue weighted by Crippen LogP contribution is -2.16. The van der Waals surface area contributed by atoms with Crippen molar-refractivity contribution in [1.29, 1.82) is 0 Å². The zero-order chi connectivity index (χ0) is 22.7. The SMILES string of the molecule is CCOC(=O)c1nnc2c(-c3ccc(Cl)cc3)c(CC)nn2c1CSc1ccc(Cl)cc1. The van der Waals surface area contributed by atoms with Crippen molar-refractivity contribution in [1.82, 2.24) is 19.8 Å². The molecule has 4 aromatic rings. The molecule has 0 radical (unpaired) electrons. The number of carbonyl (C=O) groups excluding carboxylic acids is 1. The Hall–Kier alpha value is -2.61. The summed E-state index contributed by atoms with van der Waals surface area (Å²) < 4.78 is 6.94. The molecule has 2 aromatic heterocycles. The van der Waals surface area contributed by atoms with E-state index in [0.717, 1.165) is 21.7 Å². The zero-order valence-corrected chi connectivity index (χ0v) is 19.8. The van der Waals surface area contributed by atoms with E-state index in [1.54, 1.807) is 23.2 Å². The van der Waals surface area contributed by atoms with Crippen molar-refractivity contribution in [2.45, 2.75) is 30.9 Å². The van der Waals surface area contributed by atoms with Gasteiger partial charge in [0.2, 0.25) is 0 Å². The van der Waals surface area contributed by atoms with E-state index in [4.69, 9.17) is 33.0 Å². The highest BCUT2D eigenvalue weighted by Crippen LogP contribution is 2.32. The number of hydrogen-bond acceptors (Lipinski definition) is 6. The zero-order valence-electron chi connectivity index (χ0n) is 17.5. The number of halogens is 2. The first-order chi connectivity index (χ1) is 15.5. The largest absolute Gasteiger partial charge is 0.461 e. The van der Waals surface area contributed by atoms with Crippen LogP contribution < -0.4 is 0 Å². The van der Waals surface area contributed by atoms with Gasteiger partial charge in [-0.15, -0.1) is 22.0 Å². The van der Waals surface area contributed by atoms with Gasteiger partial charge in [-0.05, 0) is 55.3 Å². The van der Waals surface area contributed by atoms with Crippen molar-refractivity contribution in [3.05, 3.63) is 75.7 Å². The quantitative estimate of drug-likeness (QED) is 0.231. The van der Waals surface area contributed by atoms with Crippen LogP contribution in [0, 0.1) is 0 Å². The summed E-state index contributed by atoms with van der Waals surface area (Å²) >= 11 is 13.6. The smallest absolute Gasteiger partial charge is 0.360 e. The molecule has 0 saturated heterocycles. The molecule has 0 aliphatic heterocycles. The molecule has 0 bridgehead atoms. The molecule has 0 aliphatic rings. The number of aryl methyl sites for hydroxylation is 1. The van der Waals surface area contributed by atoms with Crippen LogP contribution in [0.1, 0.15) is 35.7 Å². The molecule has 2 heterocycles. The average molecular weight is 487 g/mol. The third-order valence-electron chi connectivity index (χ3n) is 4.83. The summed E-state index contributed by atoms with van der Waals surface area (Å²) in [5.41, 5.74) is 4.06. The highest BCUT2D eigenvalue weighted by atomic mass is 35.5. The number of rotatable bonds is 7. The summed E-state index contributed by atoms with van der Waals surface area (Å²) in [5, 5.41) is 14.7. The molecule has 0 fully saturated rings. The molecule has 9 heteroatoms. The van der Waals surface area contributed by atoms with E-state index >= 15 is 0 Å². The Bertz CT molecular complexity index is 1260. The highest BCUT2D eigenvalue weighted by molar-refractivity contribution is 7.98. The molecule has 0 unspecified atom stereocenters. The molecule has 4 rings (SSSR count). The van der Waals surface area contributed by atoms with E-state index in [1.807, 2.05) is 55.5 Å². The van der Waals surface area contributed by atoms with Crippen molar-refractivity contribution >= 4 is 46.6 Å². The first-order valence-corrected chi connectivity index (χ1v) is 11.8. The molecule has 0 atom stereocenters. The van der Waals surface area contributed by atoms with Gasteiger partial charge in [0.25, 0.3) is 0 Å². The second kappa shape index (κ2) is 9.90. The van der Waals surface area contributed by atoms with Crippen LogP contribution in [-0.4, -0.2) is 32.4 Å². The lowest BCUT2D eigenvalue weighted by atomic mass is 10.0. The topological polar surface area (TPSA) is 69.4 Å². The fourth-order valence-electron chi connectivity index (χ4n) is 3.32. The molecule has 0 amide bonds. The molecule has 164 valence electrons. The lowest BCUT2D eigenvalue weighted by Gasteiger charge is -2.10. The molecule has 32 heavy (non-hydrogen) atoms. The minimum Gasteiger partial charge on any atom is -0.461 e. The number of fused-ring (bicyclic) bond motifs is 1. The van der Waals surface area contributed by atoms with Crippen molar-refractivity contribution in [2.24, 2.45) is 0 Å². The number of hydrogen-bond donors (Lipinski definition) is 0. The fraction of sp³-hybridized carbons (Fsp3) is 0.217. The minimum atomic E-state index is -0.518. The third kappa shape index (κ3) is 4.60. The van der Waals surface area contributed by atoms with E-state index in [1.165, 1.54) is 0 Å². The van der Waals surface area contributed by atoms with E-state index in [9.17, 15) is 4.79 Å². The first kappa shape index (κ1) is 22.6. The maximum absolute atomic E-state index is 12.6. The van der Waals surface area contributed by atoms with Crippen LogP contribution in [0.25, 0.3) is 16.8 Å². The Labute approximate surface area is 199 Å². The van der Waals surface area contributed by atoms with Gasteiger partial charge in [0.1, 0.15) is 0 Å². The highest BCUT2D eigenvalue weighted by Gasteiger charge is 2.24. The summed E-state index contributed by atoms with van der Waals surface area (Å²) in [6, 6.07) is 15.1. The van der Waals surface area contributed by atoms with Crippen LogP contribution in [0.3, 0.4) is 0 Å². The summed E-state index contributed by atoms with van der Waals surface area (Å²) in [4.78, 5) is 13.6. The number of esters is 1. The maximum Gasteiger partial charge on any atom is 0.360 e. The van der Waals surface area contributed by atoms with E-state index in [2.05, 4.69) is 10.2 Å². The summed E-state index contributed by atoms with van der Waals surface area (Å²) in [6.45, 7) is 4.04. The van der Waals surface area contributed by atoms with E-state index < -0.39 is 5.97 Å². The Kier molecular flexibility index (Phi) is 6.98. The monoisotopic (exact) mass is 486 g/mol. The third-order valence-corrected chi connectivity index (χ3v) is 6.36. The van der Waals surface area contributed by atoms with Crippen LogP contribution in [0.15, 0.2) is 53.4 Å². The van der Waals surface area contributed by atoms with Gasteiger partial charge in [0.05, 0.1) is 23.6 Å². The predicted octanol–water partition coefficient (Wildman–Crippen LogP) is 6.13. The van der Waals surface area contributed by atoms with Crippen molar-refractivity contribution in [3.8, 4) is 11.1 Å². The molecule has 0 N–H and O–H groups in total. The van der Waals surface area contributed by atoms with Crippen LogP contribution in [-0.2, 0) is 16.9 Å². The second-order valence-electron chi connectivity index (χ2n) is 6.88. The number of thioether (sulfide) groups is 1. The summed E-state index contributed by atoms with van der Waals surface area (Å²) in [7, 11) is 0. The Balaban J connectivity index is 1.85. The van der Waals surface area contributed by atoms with Crippen molar-refractivity contribution in [3.63, 3.8) is 0 Å². The van der Waals surface area contributed by atoms with Crippen LogP contribution in [0.4, 0.5) is 0 Å². The fourth-order valence-corrected chi connectivity index (χ4v) is 4.46. The molecular formula is C23H20Cl2N4O2S. The molecule has 0 aliphatic carbocycles. The molecule has 0 saturated carbocycles. The van der Waals surface area contributed by atoms with Crippen molar-refractivity contribution < 1.29 is 9.53 Å². The molecule has 2 aromatic carbocycles. The van der Waals surface area contributed by atoms with Crippen LogP contribution in [0.2, 0.25) is 10.0 Å². The van der Waals surface area contributed by atoms with Crippen LogP contribution in [0.5, 0.6) is 0 Å². The molecular weight excluding hydrogens is 467 g/mol. The average Bonchev–Trinajstić information content (AvgIpc) is 3.18. The normalized spacial score (nSPS) is 11.1.